The van der Waals surface area contributed by atoms with Crippen LogP contribution in [0.1, 0.15) is 37.7 Å². The number of hydrazine groups is 1. The van der Waals surface area contributed by atoms with Gasteiger partial charge in [0.05, 0.1) is 6.54 Å². The minimum absolute atomic E-state index is 0.00345. The molecule has 0 heterocycles. The Bertz CT molecular complexity index is 700. The number of nitrogens with one attached hydrogen (secondary N) is 4. The highest BCUT2D eigenvalue weighted by Crippen LogP contribution is 2.23. The predicted octanol–water partition coefficient (Wildman–Crippen LogP) is 1.42. The third-order valence-corrected chi connectivity index (χ3v) is 4.38. The van der Waals surface area contributed by atoms with E-state index in [0.29, 0.717) is 0 Å². The van der Waals surface area contributed by atoms with Crippen molar-refractivity contribution in [3.8, 4) is 0 Å². The lowest BCUT2D eigenvalue weighted by Crippen LogP contribution is -2.51. The summed E-state index contributed by atoms with van der Waals surface area (Å²) in [6.07, 6.45) is 8.01. The van der Waals surface area contributed by atoms with Gasteiger partial charge in [-0.3, -0.25) is 30.6 Å². The van der Waals surface area contributed by atoms with Crippen molar-refractivity contribution in [3.63, 3.8) is 0 Å². The van der Waals surface area contributed by atoms with Gasteiger partial charge in [0.15, 0.2) is 5.11 Å². The standard InChI is InChI=1S/C19H24N4O3S/c24-16(12-11-14-7-3-1-4-8-14)21-19(27)23-22-17(25)13-20-18(26)15-9-5-2-6-10-15/h1,3-4,7-8,11-12,15H,2,5-6,9-10,13H2,(H,20,26)(H,22,25)(H2,21,23,24,27)/b12-11+. The summed E-state index contributed by atoms with van der Waals surface area (Å²) < 4.78 is 0. The summed E-state index contributed by atoms with van der Waals surface area (Å²) in [6.45, 7) is -0.146. The van der Waals surface area contributed by atoms with E-state index in [1.54, 1.807) is 6.08 Å². The Morgan fingerprint density at radius 3 is 2.44 bits per heavy atom. The highest BCUT2D eigenvalue weighted by molar-refractivity contribution is 7.80. The number of benzene rings is 1. The first-order valence-corrected chi connectivity index (χ1v) is 9.36. The van der Waals surface area contributed by atoms with Gasteiger partial charge in [-0.15, -0.1) is 0 Å². The number of amides is 3. The molecule has 0 unspecified atom stereocenters. The molecule has 0 bridgehead atoms. The van der Waals surface area contributed by atoms with Crippen molar-refractivity contribution in [2.75, 3.05) is 6.54 Å². The van der Waals surface area contributed by atoms with Crippen molar-refractivity contribution in [3.05, 3.63) is 42.0 Å². The van der Waals surface area contributed by atoms with Crippen molar-refractivity contribution in [2.24, 2.45) is 5.92 Å². The maximum atomic E-state index is 12.0. The van der Waals surface area contributed by atoms with E-state index >= 15 is 0 Å². The second-order valence-corrected chi connectivity index (χ2v) is 6.70. The van der Waals surface area contributed by atoms with Crippen LogP contribution in [-0.2, 0) is 14.4 Å². The van der Waals surface area contributed by atoms with E-state index in [4.69, 9.17) is 12.2 Å². The molecule has 1 saturated carbocycles. The molecule has 0 atom stereocenters. The minimum Gasteiger partial charge on any atom is -0.347 e. The fourth-order valence-corrected chi connectivity index (χ4v) is 2.92. The molecule has 7 nitrogen and oxygen atoms in total. The van der Waals surface area contributed by atoms with Crippen LogP contribution in [-0.4, -0.2) is 29.4 Å². The average Bonchev–Trinajstić information content (AvgIpc) is 2.70. The molecule has 27 heavy (non-hydrogen) atoms. The lowest BCUT2D eigenvalue weighted by Gasteiger charge is -2.20. The van der Waals surface area contributed by atoms with Gasteiger partial charge in [-0.2, -0.15) is 0 Å². The van der Waals surface area contributed by atoms with Gasteiger partial charge >= 0.3 is 0 Å². The fraction of sp³-hybridized carbons (Fsp3) is 0.368. The predicted molar refractivity (Wildman–Crippen MR) is 107 cm³/mol. The van der Waals surface area contributed by atoms with E-state index < -0.39 is 11.8 Å². The van der Waals surface area contributed by atoms with Crippen LogP contribution in [0.2, 0.25) is 0 Å². The normalized spacial score (nSPS) is 14.4. The molecule has 1 aromatic carbocycles. The molecular formula is C19H24N4O3S. The number of carbonyl (C=O) groups excluding carboxylic acids is 3. The monoisotopic (exact) mass is 388 g/mol. The Kier molecular flexibility index (Phi) is 8.44. The van der Waals surface area contributed by atoms with E-state index in [1.807, 2.05) is 30.3 Å². The SMILES string of the molecule is O=C(/C=C/c1ccccc1)NC(=S)NNC(=O)CNC(=O)C1CCCCC1. The van der Waals surface area contributed by atoms with Crippen molar-refractivity contribution < 1.29 is 14.4 Å². The number of carbonyl (C=O) groups is 3. The lowest BCUT2D eigenvalue weighted by atomic mass is 9.89. The molecule has 1 aliphatic rings. The average molecular weight is 388 g/mol. The van der Waals surface area contributed by atoms with Gasteiger partial charge in [0.25, 0.3) is 5.91 Å². The molecule has 8 heteroatoms. The number of rotatable bonds is 5. The van der Waals surface area contributed by atoms with E-state index in [0.717, 1.165) is 37.7 Å². The maximum Gasteiger partial charge on any atom is 0.257 e. The van der Waals surface area contributed by atoms with Crippen LogP contribution in [0.5, 0.6) is 0 Å². The zero-order chi connectivity index (χ0) is 19.5. The van der Waals surface area contributed by atoms with Crippen LogP contribution in [0.3, 0.4) is 0 Å². The van der Waals surface area contributed by atoms with Crippen molar-refractivity contribution in [1.29, 1.82) is 0 Å². The van der Waals surface area contributed by atoms with Gasteiger partial charge in [-0.1, -0.05) is 49.6 Å². The van der Waals surface area contributed by atoms with Gasteiger partial charge in [0.1, 0.15) is 0 Å². The molecule has 144 valence electrons. The zero-order valence-electron chi connectivity index (χ0n) is 15.0. The van der Waals surface area contributed by atoms with E-state index in [1.165, 1.54) is 6.08 Å². The van der Waals surface area contributed by atoms with Crippen molar-refractivity contribution >= 4 is 41.1 Å². The third-order valence-electron chi connectivity index (χ3n) is 4.18. The summed E-state index contributed by atoms with van der Waals surface area (Å²) in [5.74, 6) is -0.963. The molecule has 0 aliphatic heterocycles. The summed E-state index contributed by atoms with van der Waals surface area (Å²) in [4.78, 5) is 35.5. The van der Waals surface area contributed by atoms with Gasteiger partial charge in [0.2, 0.25) is 11.8 Å². The number of hydrogen-bond donors (Lipinski definition) is 4. The molecule has 4 N–H and O–H groups in total. The Labute approximate surface area is 163 Å². The summed E-state index contributed by atoms with van der Waals surface area (Å²) in [5.41, 5.74) is 5.65. The zero-order valence-corrected chi connectivity index (χ0v) is 15.8. The molecule has 2 rings (SSSR count). The van der Waals surface area contributed by atoms with Gasteiger partial charge in [0, 0.05) is 12.0 Å². The summed E-state index contributed by atoms with van der Waals surface area (Å²) in [6, 6.07) is 9.35. The fourth-order valence-electron chi connectivity index (χ4n) is 2.77. The van der Waals surface area contributed by atoms with Crippen LogP contribution in [0.25, 0.3) is 6.08 Å². The largest absolute Gasteiger partial charge is 0.347 e. The van der Waals surface area contributed by atoms with Crippen LogP contribution in [0.15, 0.2) is 36.4 Å². The Hall–Kier alpha value is -2.74. The quantitative estimate of drug-likeness (QED) is 0.347. The minimum atomic E-state index is -0.449. The van der Waals surface area contributed by atoms with Crippen LogP contribution < -0.4 is 21.5 Å². The second kappa shape index (κ2) is 11.1. The first-order chi connectivity index (χ1) is 13.0. The highest BCUT2D eigenvalue weighted by Gasteiger charge is 2.21. The van der Waals surface area contributed by atoms with Crippen molar-refractivity contribution in [1.82, 2.24) is 21.5 Å². The molecule has 1 fully saturated rings. The molecule has 0 radical (unpaired) electrons. The van der Waals surface area contributed by atoms with Gasteiger partial charge < -0.3 is 5.32 Å². The molecule has 0 aromatic heterocycles. The molecular weight excluding hydrogens is 364 g/mol. The third kappa shape index (κ3) is 8.00. The van der Waals surface area contributed by atoms with E-state index in [-0.39, 0.29) is 23.5 Å². The topological polar surface area (TPSA) is 99.3 Å². The summed E-state index contributed by atoms with van der Waals surface area (Å²) in [7, 11) is 0. The Morgan fingerprint density at radius 1 is 1.04 bits per heavy atom. The molecule has 0 spiro atoms. The van der Waals surface area contributed by atoms with Gasteiger partial charge in [-0.25, -0.2) is 0 Å². The van der Waals surface area contributed by atoms with Crippen LogP contribution >= 0.6 is 12.2 Å². The smallest absolute Gasteiger partial charge is 0.257 e. The van der Waals surface area contributed by atoms with E-state index in [2.05, 4.69) is 21.5 Å². The Morgan fingerprint density at radius 2 is 1.74 bits per heavy atom. The number of hydrogen-bond acceptors (Lipinski definition) is 4. The first-order valence-electron chi connectivity index (χ1n) is 8.95. The lowest BCUT2D eigenvalue weighted by molar-refractivity contribution is -0.129. The van der Waals surface area contributed by atoms with E-state index in [9.17, 15) is 14.4 Å². The van der Waals surface area contributed by atoms with Crippen molar-refractivity contribution in [2.45, 2.75) is 32.1 Å². The molecule has 3 amide bonds. The van der Waals surface area contributed by atoms with Crippen LogP contribution in [0, 0.1) is 5.92 Å². The molecule has 0 saturated heterocycles. The Balaban J connectivity index is 1.62. The molecule has 1 aliphatic carbocycles. The second-order valence-electron chi connectivity index (χ2n) is 6.29. The van der Waals surface area contributed by atoms with Crippen LogP contribution in [0.4, 0.5) is 0 Å². The molecule has 1 aromatic rings. The van der Waals surface area contributed by atoms with Gasteiger partial charge in [-0.05, 0) is 36.7 Å². The maximum absolute atomic E-state index is 12.0. The first kappa shape index (κ1) is 20.6. The number of thiocarbonyl (C=S) groups is 1. The summed E-state index contributed by atoms with van der Waals surface area (Å²) >= 11 is 4.94. The highest BCUT2D eigenvalue weighted by atomic mass is 32.1. The summed E-state index contributed by atoms with van der Waals surface area (Å²) in [5, 5.41) is 5.00.